The van der Waals surface area contributed by atoms with Crippen molar-refractivity contribution in [3.63, 3.8) is 0 Å². The fourth-order valence-corrected chi connectivity index (χ4v) is 3.00. The maximum absolute atomic E-state index is 12.3. The lowest BCUT2D eigenvalue weighted by molar-refractivity contribution is -0.173. The van der Waals surface area contributed by atoms with Crippen molar-refractivity contribution in [3.8, 4) is 5.75 Å². The van der Waals surface area contributed by atoms with Crippen LogP contribution in [0.1, 0.15) is 11.1 Å². The van der Waals surface area contributed by atoms with E-state index in [0.29, 0.717) is 12.3 Å². The number of fused-ring (bicyclic) bond motifs is 1. The van der Waals surface area contributed by atoms with Gasteiger partial charge in [0.25, 0.3) is 0 Å². The quantitative estimate of drug-likeness (QED) is 0.709. The maximum Gasteiger partial charge on any atom is 0.471 e. The highest BCUT2D eigenvalue weighted by molar-refractivity contribution is 5.86. The minimum Gasteiger partial charge on any atom is -0.497 e. The Balaban J connectivity index is 1.86. The van der Waals surface area contributed by atoms with E-state index in [1.54, 1.807) is 7.11 Å². The molecule has 3 aromatic rings. The summed E-state index contributed by atoms with van der Waals surface area (Å²) in [5.74, 6) is -1.26. The molecule has 0 saturated heterocycles. The monoisotopic (exact) mass is 376 g/mol. The Morgan fingerprint density at radius 3 is 2.56 bits per heavy atom. The van der Waals surface area contributed by atoms with Gasteiger partial charge in [-0.2, -0.15) is 13.2 Å². The molecule has 1 amide bonds. The number of halogens is 3. The van der Waals surface area contributed by atoms with Crippen molar-refractivity contribution in [2.75, 3.05) is 13.7 Å². The van der Waals surface area contributed by atoms with Crippen molar-refractivity contribution in [1.29, 1.82) is 0 Å². The molecule has 7 heteroatoms. The SMILES string of the molecule is COc1ccc2c(c1)c(CCNC(=O)C(F)(F)F)cn2Cc1ccccc1. The predicted molar refractivity (Wildman–Crippen MR) is 96.8 cm³/mol. The molecule has 0 aliphatic rings. The van der Waals surface area contributed by atoms with Crippen molar-refractivity contribution < 1.29 is 22.7 Å². The van der Waals surface area contributed by atoms with E-state index in [1.165, 1.54) is 0 Å². The summed E-state index contributed by atoms with van der Waals surface area (Å²) < 4.78 is 44.3. The van der Waals surface area contributed by atoms with Crippen LogP contribution in [-0.4, -0.2) is 30.3 Å². The van der Waals surface area contributed by atoms with Crippen molar-refractivity contribution in [3.05, 3.63) is 65.9 Å². The van der Waals surface area contributed by atoms with Gasteiger partial charge in [0.1, 0.15) is 5.75 Å². The van der Waals surface area contributed by atoms with Gasteiger partial charge < -0.3 is 14.6 Å². The molecule has 2 aromatic carbocycles. The molecule has 0 radical (unpaired) electrons. The summed E-state index contributed by atoms with van der Waals surface area (Å²) in [5, 5.41) is 2.81. The zero-order chi connectivity index (χ0) is 19.4. The van der Waals surface area contributed by atoms with Gasteiger partial charge in [-0.3, -0.25) is 4.79 Å². The summed E-state index contributed by atoms with van der Waals surface area (Å²) in [4.78, 5) is 11.0. The highest BCUT2D eigenvalue weighted by Gasteiger charge is 2.38. The number of amides is 1. The number of hydrogen-bond acceptors (Lipinski definition) is 2. The Bertz CT molecular complexity index is 934. The lowest BCUT2D eigenvalue weighted by atomic mass is 10.1. The second kappa shape index (κ2) is 7.73. The van der Waals surface area contributed by atoms with Gasteiger partial charge in [0.2, 0.25) is 0 Å². The van der Waals surface area contributed by atoms with Crippen LogP contribution in [0, 0.1) is 0 Å². The molecule has 4 nitrogen and oxygen atoms in total. The molecule has 1 N–H and O–H groups in total. The number of ether oxygens (including phenoxy) is 1. The fraction of sp³-hybridized carbons (Fsp3) is 0.250. The number of carbonyl (C=O) groups excluding carboxylic acids is 1. The minimum absolute atomic E-state index is 0.0972. The molecular formula is C20H19F3N2O2. The molecule has 1 heterocycles. The van der Waals surface area contributed by atoms with Crippen molar-refractivity contribution >= 4 is 16.8 Å². The Morgan fingerprint density at radius 2 is 1.89 bits per heavy atom. The first-order valence-electron chi connectivity index (χ1n) is 8.43. The van der Waals surface area contributed by atoms with Crippen LogP contribution in [0.25, 0.3) is 10.9 Å². The van der Waals surface area contributed by atoms with Gasteiger partial charge >= 0.3 is 12.1 Å². The molecule has 0 bridgehead atoms. The Hall–Kier alpha value is -2.96. The van der Waals surface area contributed by atoms with Crippen LogP contribution >= 0.6 is 0 Å². The summed E-state index contributed by atoms with van der Waals surface area (Å²) in [5.41, 5.74) is 2.92. The maximum atomic E-state index is 12.3. The van der Waals surface area contributed by atoms with Gasteiger partial charge in [-0.15, -0.1) is 0 Å². The smallest absolute Gasteiger partial charge is 0.471 e. The molecule has 0 atom stereocenters. The van der Waals surface area contributed by atoms with E-state index in [2.05, 4.69) is 0 Å². The van der Waals surface area contributed by atoms with Gasteiger partial charge in [-0.25, -0.2) is 0 Å². The van der Waals surface area contributed by atoms with Gasteiger partial charge in [-0.05, 0) is 35.7 Å². The largest absolute Gasteiger partial charge is 0.497 e. The molecule has 27 heavy (non-hydrogen) atoms. The van der Waals surface area contributed by atoms with Crippen LogP contribution in [-0.2, 0) is 17.8 Å². The Kier molecular flexibility index (Phi) is 5.39. The van der Waals surface area contributed by atoms with E-state index in [9.17, 15) is 18.0 Å². The second-order valence-corrected chi connectivity index (χ2v) is 6.15. The molecule has 142 valence electrons. The van der Waals surface area contributed by atoms with Crippen LogP contribution in [0.2, 0.25) is 0 Å². The second-order valence-electron chi connectivity index (χ2n) is 6.15. The molecule has 0 aliphatic carbocycles. The first-order chi connectivity index (χ1) is 12.9. The van der Waals surface area contributed by atoms with E-state index in [-0.39, 0.29) is 13.0 Å². The molecule has 1 aromatic heterocycles. The third kappa shape index (κ3) is 4.42. The predicted octanol–water partition coefficient (Wildman–Crippen LogP) is 3.92. The molecule has 0 aliphatic heterocycles. The van der Waals surface area contributed by atoms with E-state index in [4.69, 9.17) is 4.74 Å². The zero-order valence-electron chi connectivity index (χ0n) is 14.7. The number of alkyl halides is 3. The molecule has 0 spiro atoms. The lowest BCUT2D eigenvalue weighted by Crippen LogP contribution is -2.37. The number of rotatable bonds is 6. The van der Waals surface area contributed by atoms with Gasteiger partial charge in [-0.1, -0.05) is 30.3 Å². The van der Waals surface area contributed by atoms with E-state index < -0.39 is 12.1 Å². The van der Waals surface area contributed by atoms with Crippen LogP contribution in [0.5, 0.6) is 5.75 Å². The van der Waals surface area contributed by atoms with Gasteiger partial charge in [0.15, 0.2) is 0 Å². The van der Waals surface area contributed by atoms with E-state index >= 15 is 0 Å². The third-order valence-corrected chi connectivity index (χ3v) is 4.30. The Morgan fingerprint density at radius 1 is 1.15 bits per heavy atom. The zero-order valence-corrected chi connectivity index (χ0v) is 14.7. The molecule has 3 rings (SSSR count). The molecule has 0 fully saturated rings. The molecule has 0 unspecified atom stereocenters. The minimum atomic E-state index is -4.87. The Labute approximate surface area is 154 Å². The van der Waals surface area contributed by atoms with E-state index in [0.717, 1.165) is 22.0 Å². The number of aromatic nitrogens is 1. The molecule has 0 saturated carbocycles. The number of hydrogen-bond donors (Lipinski definition) is 1. The van der Waals surface area contributed by atoms with Crippen LogP contribution < -0.4 is 10.1 Å². The number of nitrogens with zero attached hydrogens (tertiary/aromatic N) is 1. The first kappa shape index (κ1) is 18.8. The van der Waals surface area contributed by atoms with E-state index in [1.807, 2.05) is 64.6 Å². The first-order valence-corrected chi connectivity index (χ1v) is 8.43. The standard InChI is InChI=1S/C20H19F3N2O2/c1-27-16-7-8-18-17(11-16)15(9-10-24-19(26)20(21,22)23)13-25(18)12-14-5-3-2-4-6-14/h2-8,11,13H,9-10,12H2,1H3,(H,24,26). The number of nitrogens with one attached hydrogen (secondary N) is 1. The summed E-state index contributed by atoms with van der Waals surface area (Å²) >= 11 is 0. The van der Waals surface area contributed by atoms with Crippen molar-refractivity contribution in [1.82, 2.24) is 9.88 Å². The summed E-state index contributed by atoms with van der Waals surface area (Å²) in [7, 11) is 1.56. The highest BCUT2D eigenvalue weighted by atomic mass is 19.4. The van der Waals surface area contributed by atoms with Crippen LogP contribution in [0.4, 0.5) is 13.2 Å². The fourth-order valence-electron chi connectivity index (χ4n) is 3.00. The van der Waals surface area contributed by atoms with Crippen LogP contribution in [0.15, 0.2) is 54.7 Å². The highest BCUT2D eigenvalue weighted by Crippen LogP contribution is 2.27. The number of methoxy groups -OCH3 is 1. The summed E-state index contributed by atoms with van der Waals surface area (Å²) in [6.07, 6.45) is -2.67. The van der Waals surface area contributed by atoms with Crippen molar-refractivity contribution in [2.45, 2.75) is 19.1 Å². The van der Waals surface area contributed by atoms with Gasteiger partial charge in [0.05, 0.1) is 7.11 Å². The lowest BCUT2D eigenvalue weighted by Gasteiger charge is -2.07. The third-order valence-electron chi connectivity index (χ3n) is 4.30. The summed E-state index contributed by atoms with van der Waals surface area (Å²) in [6, 6.07) is 15.5. The van der Waals surface area contributed by atoms with Crippen molar-refractivity contribution in [2.24, 2.45) is 0 Å². The van der Waals surface area contributed by atoms with Crippen LogP contribution in [0.3, 0.4) is 0 Å². The topological polar surface area (TPSA) is 43.3 Å². The number of benzene rings is 2. The molecular weight excluding hydrogens is 357 g/mol. The average molecular weight is 376 g/mol. The van der Waals surface area contributed by atoms with Gasteiger partial charge in [0, 0.05) is 30.2 Å². The average Bonchev–Trinajstić information content (AvgIpc) is 2.98. The summed E-state index contributed by atoms with van der Waals surface area (Å²) in [6.45, 7) is 0.540. The number of carbonyl (C=O) groups is 1. The normalized spacial score (nSPS) is 11.6.